The van der Waals surface area contributed by atoms with Gasteiger partial charge >= 0.3 is 0 Å². The standard InChI is InChI=1S/C6H8N2O3S/c9-12(10)11-5-8-6-2-1-3-7-4-6/h1-4,8,12H,5H2. The van der Waals surface area contributed by atoms with E-state index >= 15 is 0 Å². The van der Waals surface area contributed by atoms with Crippen molar-refractivity contribution in [2.75, 3.05) is 12.0 Å². The number of hydrogen-bond donors (Lipinski definition) is 2. The van der Waals surface area contributed by atoms with Crippen LogP contribution >= 0.6 is 0 Å². The fraction of sp³-hybridized carbons (Fsp3) is 0.167. The summed E-state index contributed by atoms with van der Waals surface area (Å²) in [6.07, 6.45) is 3.20. The minimum Gasteiger partial charge on any atom is -0.360 e. The highest BCUT2D eigenvalue weighted by atomic mass is 32.2. The summed E-state index contributed by atoms with van der Waals surface area (Å²) in [5.74, 6) is 0. The molecule has 5 nitrogen and oxygen atoms in total. The van der Waals surface area contributed by atoms with Crippen LogP contribution in [-0.4, -0.2) is 20.1 Å². The molecule has 0 unspecified atom stereocenters. The van der Waals surface area contributed by atoms with Crippen LogP contribution in [0.1, 0.15) is 0 Å². The SMILES string of the molecule is O=[SH](=O)OCNc1cccnc1. The second kappa shape index (κ2) is 4.68. The van der Waals surface area contributed by atoms with E-state index in [1.54, 1.807) is 24.5 Å². The van der Waals surface area contributed by atoms with Crippen molar-refractivity contribution in [3.8, 4) is 0 Å². The number of anilines is 1. The Kier molecular flexibility index (Phi) is 3.49. The van der Waals surface area contributed by atoms with E-state index in [0.717, 1.165) is 0 Å². The predicted octanol–water partition coefficient (Wildman–Crippen LogP) is -0.00600. The molecule has 0 aromatic carbocycles. The van der Waals surface area contributed by atoms with E-state index in [1.807, 2.05) is 0 Å². The summed E-state index contributed by atoms with van der Waals surface area (Å²) in [6.45, 7) is -0.0651. The van der Waals surface area contributed by atoms with Gasteiger partial charge in [0.1, 0.15) is 6.73 Å². The van der Waals surface area contributed by atoms with E-state index in [9.17, 15) is 8.42 Å². The third-order valence-corrected chi connectivity index (χ3v) is 1.45. The lowest BCUT2D eigenvalue weighted by Crippen LogP contribution is -2.04. The van der Waals surface area contributed by atoms with E-state index in [2.05, 4.69) is 14.5 Å². The van der Waals surface area contributed by atoms with Gasteiger partial charge in [0.25, 0.3) is 11.0 Å². The number of thiol groups is 1. The summed E-state index contributed by atoms with van der Waals surface area (Å²) in [5.41, 5.74) is 0.717. The van der Waals surface area contributed by atoms with Crippen molar-refractivity contribution in [2.45, 2.75) is 0 Å². The maximum atomic E-state index is 9.95. The summed E-state index contributed by atoms with van der Waals surface area (Å²) in [5, 5.41) is 2.71. The maximum Gasteiger partial charge on any atom is 0.258 e. The van der Waals surface area contributed by atoms with Crippen molar-refractivity contribution in [2.24, 2.45) is 0 Å². The highest BCUT2D eigenvalue weighted by Gasteiger charge is 1.89. The molecule has 0 atom stereocenters. The van der Waals surface area contributed by atoms with E-state index in [0.29, 0.717) is 5.69 Å². The van der Waals surface area contributed by atoms with Gasteiger partial charge in [0.2, 0.25) is 0 Å². The van der Waals surface area contributed by atoms with Crippen molar-refractivity contribution < 1.29 is 12.6 Å². The highest BCUT2D eigenvalue weighted by Crippen LogP contribution is 2.00. The van der Waals surface area contributed by atoms with Gasteiger partial charge in [-0.3, -0.25) is 9.17 Å². The number of nitrogens with one attached hydrogen (secondary N) is 1. The van der Waals surface area contributed by atoms with Gasteiger partial charge in [0.15, 0.2) is 0 Å². The van der Waals surface area contributed by atoms with Crippen molar-refractivity contribution in [1.82, 2.24) is 4.98 Å². The Bertz CT molecular complexity index is 291. The molecule has 0 bridgehead atoms. The lowest BCUT2D eigenvalue weighted by atomic mass is 10.4. The van der Waals surface area contributed by atoms with E-state index in [1.165, 1.54) is 0 Å². The van der Waals surface area contributed by atoms with Gasteiger partial charge in [-0.2, -0.15) is 0 Å². The number of aromatic nitrogens is 1. The molecule has 0 spiro atoms. The zero-order valence-corrected chi connectivity index (χ0v) is 7.03. The van der Waals surface area contributed by atoms with Crippen LogP contribution in [0, 0.1) is 0 Å². The Morgan fingerprint density at radius 3 is 3.00 bits per heavy atom. The van der Waals surface area contributed by atoms with Gasteiger partial charge in [-0.05, 0) is 12.1 Å². The summed E-state index contributed by atoms with van der Waals surface area (Å²) >= 11 is 0. The van der Waals surface area contributed by atoms with Gasteiger partial charge in [0.05, 0.1) is 5.69 Å². The van der Waals surface area contributed by atoms with Crippen molar-refractivity contribution >= 4 is 16.7 Å². The number of hydrogen-bond acceptors (Lipinski definition) is 5. The Labute approximate surface area is 71.5 Å². The first kappa shape index (κ1) is 8.95. The average molecular weight is 188 g/mol. The molecular formula is C6H8N2O3S. The molecule has 1 aromatic rings. The van der Waals surface area contributed by atoms with Crippen LogP contribution in [0.3, 0.4) is 0 Å². The molecule has 0 aliphatic carbocycles. The fourth-order valence-electron chi connectivity index (χ4n) is 0.636. The molecule has 6 heteroatoms. The average Bonchev–Trinajstić information content (AvgIpc) is 2.05. The van der Waals surface area contributed by atoms with Crippen LogP contribution in [0.4, 0.5) is 5.69 Å². The number of nitrogens with zero attached hydrogens (tertiary/aromatic N) is 1. The Balaban J connectivity index is 2.34. The van der Waals surface area contributed by atoms with Crippen molar-refractivity contribution in [3.63, 3.8) is 0 Å². The van der Waals surface area contributed by atoms with E-state index in [-0.39, 0.29) is 6.73 Å². The third kappa shape index (κ3) is 3.31. The van der Waals surface area contributed by atoms with Crippen molar-refractivity contribution in [3.05, 3.63) is 24.5 Å². The van der Waals surface area contributed by atoms with Crippen LogP contribution in [0.25, 0.3) is 0 Å². The van der Waals surface area contributed by atoms with Crippen LogP contribution in [0.15, 0.2) is 24.5 Å². The number of pyridine rings is 1. The topological polar surface area (TPSA) is 68.3 Å². The smallest absolute Gasteiger partial charge is 0.258 e. The molecule has 0 saturated heterocycles. The van der Waals surface area contributed by atoms with Gasteiger partial charge < -0.3 is 5.32 Å². The molecule has 0 radical (unpaired) electrons. The highest BCUT2D eigenvalue weighted by molar-refractivity contribution is 7.67. The molecule has 0 saturated carbocycles. The molecule has 12 heavy (non-hydrogen) atoms. The zero-order valence-electron chi connectivity index (χ0n) is 6.14. The Hall–Kier alpha value is -1.14. The molecule has 1 heterocycles. The first-order chi connectivity index (χ1) is 5.79. The molecule has 1 N–H and O–H groups in total. The fourth-order valence-corrected chi connectivity index (χ4v) is 0.806. The monoisotopic (exact) mass is 188 g/mol. The Morgan fingerprint density at radius 2 is 2.42 bits per heavy atom. The Morgan fingerprint density at radius 1 is 1.58 bits per heavy atom. The number of rotatable bonds is 4. The van der Waals surface area contributed by atoms with Crippen LogP contribution < -0.4 is 5.32 Å². The molecular weight excluding hydrogens is 180 g/mol. The van der Waals surface area contributed by atoms with Crippen LogP contribution in [0.2, 0.25) is 0 Å². The van der Waals surface area contributed by atoms with Crippen LogP contribution in [0.5, 0.6) is 0 Å². The van der Waals surface area contributed by atoms with E-state index in [4.69, 9.17) is 0 Å². The van der Waals surface area contributed by atoms with Crippen molar-refractivity contribution in [1.29, 1.82) is 0 Å². The lowest BCUT2D eigenvalue weighted by molar-refractivity contribution is 0.360. The molecule has 1 aromatic heterocycles. The first-order valence-electron chi connectivity index (χ1n) is 3.20. The predicted molar refractivity (Wildman–Crippen MR) is 44.1 cm³/mol. The minimum absolute atomic E-state index is 0.0651. The second-order valence-electron chi connectivity index (χ2n) is 1.92. The summed E-state index contributed by atoms with van der Waals surface area (Å²) in [6, 6.07) is 3.49. The zero-order chi connectivity index (χ0) is 8.81. The van der Waals surface area contributed by atoms with Gasteiger partial charge in [0, 0.05) is 12.4 Å². The lowest BCUT2D eigenvalue weighted by Gasteiger charge is -2.01. The molecule has 66 valence electrons. The molecule has 1 rings (SSSR count). The van der Waals surface area contributed by atoms with Gasteiger partial charge in [-0.1, -0.05) is 0 Å². The van der Waals surface area contributed by atoms with Gasteiger partial charge in [-0.25, -0.2) is 8.42 Å². The maximum absolute atomic E-state index is 9.95. The first-order valence-corrected chi connectivity index (χ1v) is 4.30. The summed E-state index contributed by atoms with van der Waals surface area (Å²) in [4.78, 5) is 3.81. The largest absolute Gasteiger partial charge is 0.360 e. The van der Waals surface area contributed by atoms with Gasteiger partial charge in [-0.15, -0.1) is 0 Å². The molecule has 0 amide bonds. The second-order valence-corrected chi connectivity index (χ2v) is 2.62. The van der Waals surface area contributed by atoms with E-state index < -0.39 is 11.0 Å². The van der Waals surface area contributed by atoms with Crippen LogP contribution in [-0.2, 0) is 15.2 Å². The third-order valence-electron chi connectivity index (χ3n) is 1.11. The normalized spacial score (nSPS) is 10.1. The summed E-state index contributed by atoms with van der Waals surface area (Å²) in [7, 11) is -2.78. The molecule has 0 aliphatic rings. The molecule has 0 fully saturated rings. The minimum atomic E-state index is -2.78. The molecule has 0 aliphatic heterocycles. The quantitative estimate of drug-likeness (QED) is 0.514. The summed E-state index contributed by atoms with van der Waals surface area (Å²) < 4.78 is 24.2.